The first-order chi connectivity index (χ1) is 8.63. The Hall–Kier alpha value is -2.08. The Morgan fingerprint density at radius 1 is 1.50 bits per heavy atom. The Morgan fingerprint density at radius 2 is 2.28 bits per heavy atom. The van der Waals surface area contributed by atoms with Crippen molar-refractivity contribution in [1.29, 1.82) is 0 Å². The fourth-order valence-corrected chi connectivity index (χ4v) is 1.79. The van der Waals surface area contributed by atoms with Gasteiger partial charge in [-0.1, -0.05) is 0 Å². The number of aliphatic hydroxyl groups excluding tert-OH is 1. The maximum atomic E-state index is 11.9. The van der Waals surface area contributed by atoms with Gasteiger partial charge in [-0.2, -0.15) is 0 Å². The van der Waals surface area contributed by atoms with Gasteiger partial charge in [-0.05, 0) is 24.6 Å². The smallest absolute Gasteiger partial charge is 0.271 e. The quantitative estimate of drug-likeness (QED) is 0.752. The van der Waals surface area contributed by atoms with Gasteiger partial charge in [0.15, 0.2) is 6.61 Å². The topological polar surface area (TPSA) is 92.9 Å². The van der Waals surface area contributed by atoms with Gasteiger partial charge in [0.2, 0.25) is 5.91 Å². The molecule has 1 aliphatic heterocycles. The molecule has 2 rings (SSSR count). The number of ether oxygens (including phenoxy) is 1. The molecule has 6 heteroatoms. The Labute approximate surface area is 104 Å². The molecule has 0 aliphatic carbocycles. The number of nitrogen functional groups attached to an aromatic ring is 1. The molecule has 0 radical (unpaired) electrons. The van der Waals surface area contributed by atoms with E-state index in [-0.39, 0.29) is 25.5 Å². The van der Waals surface area contributed by atoms with Gasteiger partial charge >= 0.3 is 0 Å². The lowest BCUT2D eigenvalue weighted by atomic mass is 10.2. The average Bonchev–Trinajstić information content (AvgIpc) is 2.35. The summed E-state index contributed by atoms with van der Waals surface area (Å²) in [6.07, 6.45) is 0.428. The molecule has 1 aliphatic rings. The molecule has 0 aromatic heterocycles. The molecule has 0 spiro atoms. The molecule has 0 atom stereocenters. The van der Waals surface area contributed by atoms with E-state index < -0.39 is 5.91 Å². The van der Waals surface area contributed by atoms with Gasteiger partial charge in [0.05, 0.1) is 5.69 Å². The molecule has 0 fully saturated rings. The van der Waals surface area contributed by atoms with Gasteiger partial charge in [0.1, 0.15) is 5.75 Å². The molecular weight excluding hydrogens is 236 g/mol. The summed E-state index contributed by atoms with van der Waals surface area (Å²) in [6.45, 7) is -0.254. The summed E-state index contributed by atoms with van der Waals surface area (Å²) in [4.78, 5) is 24.8. The highest BCUT2D eigenvalue weighted by atomic mass is 16.5. The lowest BCUT2D eigenvalue weighted by molar-refractivity contribution is -0.128. The Kier molecular flexibility index (Phi) is 3.47. The van der Waals surface area contributed by atoms with Gasteiger partial charge in [0, 0.05) is 18.7 Å². The van der Waals surface area contributed by atoms with Crippen LogP contribution in [0.15, 0.2) is 18.2 Å². The summed E-state index contributed by atoms with van der Waals surface area (Å²) < 4.78 is 5.23. The number of nitrogens with zero attached hydrogens (tertiary/aromatic N) is 1. The van der Waals surface area contributed by atoms with Crippen LogP contribution in [-0.4, -0.2) is 30.1 Å². The van der Waals surface area contributed by atoms with E-state index >= 15 is 0 Å². The number of hydrogen-bond donors (Lipinski definition) is 2. The number of rotatable bonds is 3. The molecule has 0 saturated heterocycles. The monoisotopic (exact) mass is 250 g/mol. The number of fused-ring (bicyclic) bond motifs is 1. The number of imide groups is 1. The molecule has 1 aromatic rings. The summed E-state index contributed by atoms with van der Waals surface area (Å²) >= 11 is 0. The second kappa shape index (κ2) is 5.05. The third-order valence-corrected chi connectivity index (χ3v) is 2.62. The van der Waals surface area contributed by atoms with Crippen LogP contribution >= 0.6 is 0 Å². The minimum absolute atomic E-state index is 0.0892. The summed E-state index contributed by atoms with van der Waals surface area (Å²) in [5.74, 6) is -0.318. The second-order valence-corrected chi connectivity index (χ2v) is 3.97. The van der Waals surface area contributed by atoms with E-state index in [0.29, 0.717) is 23.5 Å². The van der Waals surface area contributed by atoms with Gasteiger partial charge in [-0.25, -0.2) is 4.90 Å². The van der Waals surface area contributed by atoms with Crippen LogP contribution in [0.2, 0.25) is 0 Å². The van der Waals surface area contributed by atoms with Crippen LogP contribution in [0.3, 0.4) is 0 Å². The molecule has 0 bridgehead atoms. The van der Waals surface area contributed by atoms with E-state index in [1.165, 1.54) is 6.07 Å². The largest absolute Gasteiger partial charge is 0.482 e. The molecule has 1 heterocycles. The van der Waals surface area contributed by atoms with Crippen LogP contribution in [-0.2, 0) is 9.59 Å². The second-order valence-electron chi connectivity index (χ2n) is 3.97. The van der Waals surface area contributed by atoms with E-state index in [4.69, 9.17) is 15.6 Å². The first-order valence-corrected chi connectivity index (χ1v) is 5.62. The molecule has 6 nitrogen and oxygen atoms in total. The number of aliphatic hydroxyl groups is 1. The third kappa shape index (κ3) is 2.28. The van der Waals surface area contributed by atoms with Gasteiger partial charge in [-0.15, -0.1) is 0 Å². The van der Waals surface area contributed by atoms with Gasteiger partial charge in [-0.3, -0.25) is 9.59 Å². The first-order valence-electron chi connectivity index (χ1n) is 5.62. The van der Waals surface area contributed by atoms with Crippen molar-refractivity contribution < 1.29 is 19.4 Å². The number of amides is 2. The number of nitrogens with two attached hydrogens (primary N) is 1. The molecule has 96 valence electrons. The van der Waals surface area contributed by atoms with Gasteiger partial charge in [0.25, 0.3) is 5.91 Å². The minimum atomic E-state index is -0.420. The van der Waals surface area contributed by atoms with E-state index in [2.05, 4.69) is 0 Å². The van der Waals surface area contributed by atoms with Crippen LogP contribution in [0.1, 0.15) is 12.8 Å². The third-order valence-electron chi connectivity index (χ3n) is 2.62. The maximum Gasteiger partial charge on any atom is 0.271 e. The minimum Gasteiger partial charge on any atom is -0.482 e. The zero-order valence-electron chi connectivity index (χ0n) is 9.76. The maximum absolute atomic E-state index is 11.9. The van der Waals surface area contributed by atoms with Crippen molar-refractivity contribution in [2.24, 2.45) is 0 Å². The van der Waals surface area contributed by atoms with E-state index in [1.54, 1.807) is 12.1 Å². The Bertz CT molecular complexity index is 487. The summed E-state index contributed by atoms with van der Waals surface area (Å²) in [6, 6.07) is 4.80. The molecule has 2 amide bonds. The number of benzene rings is 1. The number of anilines is 2. The van der Waals surface area contributed by atoms with Crippen molar-refractivity contribution >= 4 is 23.2 Å². The fourth-order valence-electron chi connectivity index (χ4n) is 1.79. The van der Waals surface area contributed by atoms with Crippen molar-refractivity contribution in [2.75, 3.05) is 23.8 Å². The highest BCUT2D eigenvalue weighted by Crippen LogP contribution is 2.34. The zero-order chi connectivity index (χ0) is 13.1. The lowest BCUT2D eigenvalue weighted by Crippen LogP contribution is -2.43. The van der Waals surface area contributed by atoms with Crippen LogP contribution in [0, 0.1) is 0 Å². The predicted octanol–water partition coefficient (Wildman–Crippen LogP) is 0.293. The number of hydrogen-bond acceptors (Lipinski definition) is 5. The standard InChI is InChI=1S/C12H14N2O4/c13-8-3-4-10-9(6-8)14(12(17)7-18-10)11(16)2-1-5-15/h3-4,6,15H,1-2,5,7,13H2. The molecule has 0 unspecified atom stereocenters. The van der Waals surface area contributed by atoms with Crippen molar-refractivity contribution in [1.82, 2.24) is 0 Å². The predicted molar refractivity (Wildman–Crippen MR) is 65.2 cm³/mol. The summed E-state index contributed by atoms with van der Waals surface area (Å²) in [7, 11) is 0. The molecule has 18 heavy (non-hydrogen) atoms. The van der Waals surface area contributed by atoms with Crippen molar-refractivity contribution in [3.05, 3.63) is 18.2 Å². The molecular formula is C12H14N2O4. The Morgan fingerprint density at radius 3 is 3.00 bits per heavy atom. The van der Waals surface area contributed by atoms with Crippen molar-refractivity contribution in [2.45, 2.75) is 12.8 Å². The Balaban J connectivity index is 2.32. The summed E-state index contributed by atoms with van der Waals surface area (Å²) in [5, 5.41) is 8.72. The highest BCUT2D eigenvalue weighted by Gasteiger charge is 2.30. The SMILES string of the molecule is Nc1ccc2c(c1)N(C(=O)CCCO)C(=O)CO2. The highest BCUT2D eigenvalue weighted by molar-refractivity contribution is 6.17. The number of carbonyl (C=O) groups is 2. The molecule has 3 N–H and O–H groups in total. The molecule has 1 aromatic carbocycles. The van der Waals surface area contributed by atoms with Crippen LogP contribution in [0.5, 0.6) is 5.75 Å². The van der Waals surface area contributed by atoms with Crippen LogP contribution in [0.4, 0.5) is 11.4 Å². The van der Waals surface area contributed by atoms with Crippen LogP contribution < -0.4 is 15.4 Å². The zero-order valence-corrected chi connectivity index (χ0v) is 9.76. The lowest BCUT2D eigenvalue weighted by Gasteiger charge is -2.28. The molecule has 0 saturated carbocycles. The van der Waals surface area contributed by atoms with Crippen molar-refractivity contribution in [3.8, 4) is 5.75 Å². The first kappa shape index (κ1) is 12.4. The van der Waals surface area contributed by atoms with E-state index in [9.17, 15) is 9.59 Å². The van der Waals surface area contributed by atoms with Gasteiger partial charge < -0.3 is 15.6 Å². The van der Waals surface area contributed by atoms with E-state index in [0.717, 1.165) is 4.90 Å². The summed E-state index contributed by atoms with van der Waals surface area (Å²) in [5.41, 5.74) is 6.47. The van der Waals surface area contributed by atoms with Crippen LogP contribution in [0.25, 0.3) is 0 Å². The fraction of sp³-hybridized carbons (Fsp3) is 0.333. The van der Waals surface area contributed by atoms with E-state index in [1.807, 2.05) is 0 Å². The average molecular weight is 250 g/mol. The normalized spacial score (nSPS) is 14.1. The van der Waals surface area contributed by atoms with Crippen molar-refractivity contribution in [3.63, 3.8) is 0 Å². The number of carbonyl (C=O) groups excluding carboxylic acids is 2.